The minimum absolute atomic E-state index is 0. The van der Waals surface area contributed by atoms with E-state index in [1.807, 2.05) is 18.2 Å². The second-order valence-electron chi connectivity index (χ2n) is 5.48. The maximum atomic E-state index is 5.39. The van der Waals surface area contributed by atoms with Gasteiger partial charge in [0.15, 0.2) is 11.5 Å². The van der Waals surface area contributed by atoms with Crippen LogP contribution in [0.1, 0.15) is 18.7 Å². The summed E-state index contributed by atoms with van der Waals surface area (Å²) in [5.41, 5.74) is 0.888. The molecule has 0 atom stereocenters. The number of benzene rings is 1. The summed E-state index contributed by atoms with van der Waals surface area (Å²) in [7, 11) is 0. The van der Waals surface area contributed by atoms with Crippen LogP contribution in [0.4, 0.5) is 0 Å². The van der Waals surface area contributed by atoms with Crippen molar-refractivity contribution in [2.75, 3.05) is 19.9 Å². The summed E-state index contributed by atoms with van der Waals surface area (Å²) in [6.45, 7) is 2.42. The van der Waals surface area contributed by atoms with Crippen molar-refractivity contribution in [1.82, 2.24) is 15.5 Å². The van der Waals surface area contributed by atoms with E-state index in [0.29, 0.717) is 11.7 Å². The molecular formula is C15H18ClN3O3. The molecule has 7 heteroatoms. The lowest BCUT2D eigenvalue weighted by atomic mass is 9.95. The molecule has 0 radical (unpaired) electrons. The number of piperidine rings is 1. The number of nitrogens with one attached hydrogen (secondary N) is 1. The molecule has 0 bridgehead atoms. The number of ether oxygens (including phenoxy) is 2. The molecule has 0 spiro atoms. The van der Waals surface area contributed by atoms with Crippen molar-refractivity contribution in [3.8, 4) is 22.9 Å². The topological polar surface area (TPSA) is 69.4 Å². The third kappa shape index (κ3) is 3.03. The van der Waals surface area contributed by atoms with Crippen molar-refractivity contribution in [2.45, 2.75) is 19.3 Å². The van der Waals surface area contributed by atoms with Gasteiger partial charge in [-0.05, 0) is 50.0 Å². The van der Waals surface area contributed by atoms with Crippen molar-refractivity contribution in [1.29, 1.82) is 0 Å². The molecule has 1 saturated heterocycles. The Kier molecular flexibility index (Phi) is 4.49. The Morgan fingerprint density at radius 1 is 1.14 bits per heavy atom. The normalized spacial score (nSPS) is 17.3. The molecule has 3 heterocycles. The average Bonchev–Trinajstić information content (AvgIpc) is 3.16. The summed E-state index contributed by atoms with van der Waals surface area (Å²) in [6.07, 6.45) is 3.20. The summed E-state index contributed by atoms with van der Waals surface area (Å²) in [5, 5.41) is 7.44. The molecular weight excluding hydrogens is 306 g/mol. The third-order valence-electron chi connectivity index (χ3n) is 4.02. The van der Waals surface area contributed by atoms with Gasteiger partial charge in [0.1, 0.15) is 0 Å². The minimum atomic E-state index is 0. The van der Waals surface area contributed by atoms with Gasteiger partial charge in [-0.3, -0.25) is 0 Å². The maximum Gasteiger partial charge on any atom is 0.231 e. The Hall–Kier alpha value is -1.79. The van der Waals surface area contributed by atoms with Crippen LogP contribution < -0.4 is 14.8 Å². The predicted molar refractivity (Wildman–Crippen MR) is 82.4 cm³/mol. The molecule has 0 amide bonds. The molecule has 0 saturated carbocycles. The second-order valence-corrected chi connectivity index (χ2v) is 5.48. The van der Waals surface area contributed by atoms with Crippen LogP contribution in [0.3, 0.4) is 0 Å². The highest BCUT2D eigenvalue weighted by Crippen LogP contribution is 2.35. The van der Waals surface area contributed by atoms with Gasteiger partial charge in [0.25, 0.3) is 0 Å². The Morgan fingerprint density at radius 2 is 1.95 bits per heavy atom. The lowest BCUT2D eigenvalue weighted by molar-refractivity contribution is 0.174. The van der Waals surface area contributed by atoms with Gasteiger partial charge in [0.05, 0.1) is 0 Å². The van der Waals surface area contributed by atoms with Crippen molar-refractivity contribution in [3.05, 3.63) is 24.1 Å². The zero-order valence-corrected chi connectivity index (χ0v) is 12.9. The summed E-state index contributed by atoms with van der Waals surface area (Å²) >= 11 is 0. The molecule has 1 N–H and O–H groups in total. The van der Waals surface area contributed by atoms with Crippen LogP contribution in [-0.4, -0.2) is 30.0 Å². The van der Waals surface area contributed by atoms with Gasteiger partial charge >= 0.3 is 0 Å². The van der Waals surface area contributed by atoms with Crippen molar-refractivity contribution in [2.24, 2.45) is 5.92 Å². The lowest BCUT2D eigenvalue weighted by Gasteiger charge is -2.20. The van der Waals surface area contributed by atoms with E-state index < -0.39 is 0 Å². The van der Waals surface area contributed by atoms with E-state index in [1.54, 1.807) is 0 Å². The quantitative estimate of drug-likeness (QED) is 0.935. The first-order valence-corrected chi connectivity index (χ1v) is 7.32. The van der Waals surface area contributed by atoms with Gasteiger partial charge in [-0.25, -0.2) is 0 Å². The number of hydrogen-bond donors (Lipinski definition) is 1. The summed E-state index contributed by atoms with van der Waals surface area (Å²) in [4.78, 5) is 4.51. The largest absolute Gasteiger partial charge is 0.454 e. The molecule has 0 aliphatic carbocycles. The second kappa shape index (κ2) is 6.54. The number of hydrogen-bond acceptors (Lipinski definition) is 6. The Bertz CT molecular complexity index is 641. The monoisotopic (exact) mass is 323 g/mol. The molecule has 1 aromatic heterocycles. The fourth-order valence-electron chi connectivity index (χ4n) is 2.82. The van der Waals surface area contributed by atoms with Crippen LogP contribution in [-0.2, 0) is 6.42 Å². The van der Waals surface area contributed by atoms with E-state index in [9.17, 15) is 0 Å². The molecule has 118 valence electrons. The van der Waals surface area contributed by atoms with E-state index >= 15 is 0 Å². The standard InChI is InChI=1S/C15H17N3O3.ClH/c1-2-12-13(20-9-19-12)8-11(1)15-17-14(21-18-15)7-10-3-5-16-6-4-10;/h1-2,8,10,16H,3-7,9H2;1H. The zero-order chi connectivity index (χ0) is 14.1. The van der Waals surface area contributed by atoms with Gasteiger partial charge < -0.3 is 19.3 Å². The van der Waals surface area contributed by atoms with Crippen molar-refractivity contribution in [3.63, 3.8) is 0 Å². The molecule has 2 aliphatic rings. The predicted octanol–water partition coefficient (Wildman–Crippen LogP) is 2.43. The molecule has 4 rings (SSSR count). The van der Waals surface area contributed by atoms with Gasteiger partial charge in [0.2, 0.25) is 18.5 Å². The summed E-state index contributed by atoms with van der Waals surface area (Å²) in [6, 6.07) is 5.69. The molecule has 1 aromatic carbocycles. The first-order valence-electron chi connectivity index (χ1n) is 7.32. The molecule has 2 aliphatic heterocycles. The fourth-order valence-corrected chi connectivity index (χ4v) is 2.82. The third-order valence-corrected chi connectivity index (χ3v) is 4.02. The van der Waals surface area contributed by atoms with Crippen LogP contribution in [0.25, 0.3) is 11.4 Å². The summed E-state index contributed by atoms with van der Waals surface area (Å²) < 4.78 is 16.1. The van der Waals surface area contributed by atoms with Gasteiger partial charge in [0, 0.05) is 12.0 Å². The van der Waals surface area contributed by atoms with E-state index in [2.05, 4.69) is 15.5 Å². The zero-order valence-electron chi connectivity index (χ0n) is 12.1. The number of halogens is 1. The van der Waals surface area contributed by atoms with Gasteiger partial charge in [-0.2, -0.15) is 4.98 Å². The fraction of sp³-hybridized carbons (Fsp3) is 0.467. The van der Waals surface area contributed by atoms with Crippen LogP contribution >= 0.6 is 12.4 Å². The molecule has 2 aromatic rings. The molecule has 0 unspecified atom stereocenters. The van der Waals surface area contributed by atoms with E-state index in [0.717, 1.165) is 42.5 Å². The number of aromatic nitrogens is 2. The molecule has 22 heavy (non-hydrogen) atoms. The lowest BCUT2D eigenvalue weighted by Crippen LogP contribution is -2.28. The highest BCUT2D eigenvalue weighted by molar-refractivity contribution is 5.85. The van der Waals surface area contributed by atoms with Gasteiger partial charge in [-0.15, -0.1) is 12.4 Å². The van der Waals surface area contributed by atoms with E-state index in [4.69, 9.17) is 14.0 Å². The SMILES string of the molecule is Cl.c1cc2c(cc1-c1noc(CC3CCNCC3)n1)OCO2. The van der Waals surface area contributed by atoms with E-state index in [-0.39, 0.29) is 19.2 Å². The first-order chi connectivity index (χ1) is 10.4. The highest BCUT2D eigenvalue weighted by Gasteiger charge is 2.19. The summed E-state index contributed by atoms with van der Waals surface area (Å²) in [5.74, 6) is 3.46. The first kappa shape index (κ1) is 15.1. The van der Waals surface area contributed by atoms with Crippen LogP contribution in [0.5, 0.6) is 11.5 Å². The van der Waals surface area contributed by atoms with E-state index in [1.165, 1.54) is 12.8 Å². The highest BCUT2D eigenvalue weighted by atomic mass is 35.5. The minimum Gasteiger partial charge on any atom is -0.454 e. The number of nitrogens with zero attached hydrogens (tertiary/aromatic N) is 2. The van der Waals surface area contributed by atoms with Crippen LogP contribution in [0.15, 0.2) is 22.7 Å². The number of rotatable bonds is 3. The maximum absolute atomic E-state index is 5.39. The Balaban J connectivity index is 0.00000144. The molecule has 1 fully saturated rings. The average molecular weight is 324 g/mol. The van der Waals surface area contributed by atoms with Gasteiger partial charge in [-0.1, -0.05) is 5.16 Å². The van der Waals surface area contributed by atoms with Crippen LogP contribution in [0.2, 0.25) is 0 Å². The van der Waals surface area contributed by atoms with Crippen LogP contribution in [0, 0.1) is 5.92 Å². The Labute approximate surface area is 134 Å². The van der Waals surface area contributed by atoms with Crippen molar-refractivity contribution < 1.29 is 14.0 Å². The number of fused-ring (bicyclic) bond motifs is 1. The Morgan fingerprint density at radius 3 is 2.82 bits per heavy atom. The molecule has 6 nitrogen and oxygen atoms in total. The smallest absolute Gasteiger partial charge is 0.231 e. The van der Waals surface area contributed by atoms with Crippen molar-refractivity contribution >= 4 is 12.4 Å².